The first-order valence-electron chi connectivity index (χ1n) is 10.5. The Morgan fingerprint density at radius 1 is 0.690 bits per heavy atom. The molecule has 0 aromatic heterocycles. The molecule has 0 atom stereocenters. The van der Waals surface area contributed by atoms with Crippen LogP contribution in [0.5, 0.6) is 0 Å². The van der Waals surface area contributed by atoms with Gasteiger partial charge < -0.3 is 10.2 Å². The minimum absolute atomic E-state index is 0. The monoisotopic (exact) mass is 400 g/mol. The third-order valence-corrected chi connectivity index (χ3v) is 4.91. The van der Waals surface area contributed by atoms with Crippen molar-refractivity contribution < 1.29 is 10.2 Å². The zero-order valence-corrected chi connectivity index (χ0v) is 18.8. The van der Waals surface area contributed by atoms with Gasteiger partial charge in [-0.25, -0.2) is 0 Å². The van der Waals surface area contributed by atoms with Crippen LogP contribution in [0.3, 0.4) is 0 Å². The summed E-state index contributed by atoms with van der Waals surface area (Å²) in [6.07, 6.45) is 4.79. The molecule has 0 spiro atoms. The van der Waals surface area contributed by atoms with Gasteiger partial charge in [-0.3, -0.25) is 0 Å². The lowest BCUT2D eigenvalue weighted by molar-refractivity contribution is 0.279. The van der Waals surface area contributed by atoms with Gasteiger partial charge in [0.05, 0.1) is 13.2 Å². The Morgan fingerprint density at radius 3 is 1.48 bits per heavy atom. The van der Waals surface area contributed by atoms with Crippen LogP contribution < -0.4 is 0 Å². The number of hydrogen-bond acceptors (Lipinski definition) is 2. The van der Waals surface area contributed by atoms with Crippen molar-refractivity contribution in [1.29, 1.82) is 0 Å². The average Bonchev–Trinajstić information content (AvgIpc) is 2.65. The number of aryl methyl sites for hydroxylation is 1. The quantitative estimate of drug-likeness (QED) is 0.523. The van der Waals surface area contributed by atoms with Crippen molar-refractivity contribution in [1.82, 2.24) is 0 Å². The summed E-state index contributed by atoms with van der Waals surface area (Å²) in [7, 11) is 0. The molecule has 0 bridgehead atoms. The summed E-state index contributed by atoms with van der Waals surface area (Å²) in [5, 5.41) is 17.8. The smallest absolute Gasteiger partial charge is 0.0681 e. The summed E-state index contributed by atoms with van der Waals surface area (Å²) < 4.78 is 0. The minimum atomic E-state index is 0. The van der Waals surface area contributed by atoms with Crippen molar-refractivity contribution in [3.05, 3.63) is 70.8 Å². The molecule has 164 valence electrons. The lowest BCUT2D eigenvalue weighted by Crippen LogP contribution is -2.24. The normalized spacial score (nSPS) is 11.3. The second-order valence-corrected chi connectivity index (χ2v) is 9.55. The highest BCUT2D eigenvalue weighted by atomic mass is 16.3. The molecule has 0 unspecified atom stereocenters. The maximum atomic E-state index is 9.02. The molecule has 0 saturated heterocycles. The van der Waals surface area contributed by atoms with E-state index >= 15 is 0 Å². The molecule has 2 aromatic rings. The Balaban J connectivity index is 0.000000542. The first kappa shape index (κ1) is 27.4. The topological polar surface area (TPSA) is 40.5 Å². The molecule has 0 fully saturated rings. The highest BCUT2D eigenvalue weighted by Crippen LogP contribution is 2.36. The molecular formula is C27H44O2. The molecule has 0 heterocycles. The van der Waals surface area contributed by atoms with Gasteiger partial charge in [-0.05, 0) is 52.3 Å². The van der Waals surface area contributed by atoms with Crippen LogP contribution in [0.25, 0.3) is 0 Å². The van der Waals surface area contributed by atoms with E-state index in [0.717, 1.165) is 24.0 Å². The Morgan fingerprint density at radius 2 is 1.10 bits per heavy atom. The molecule has 2 nitrogen and oxygen atoms in total. The fourth-order valence-corrected chi connectivity index (χ4v) is 3.68. The number of benzene rings is 2. The molecule has 0 amide bonds. The molecule has 29 heavy (non-hydrogen) atoms. The van der Waals surface area contributed by atoms with Crippen LogP contribution in [-0.2, 0) is 25.0 Å². The molecule has 0 aliphatic carbocycles. The Bertz CT molecular complexity index is 661. The molecule has 2 rings (SSSR count). The Labute approximate surface area is 180 Å². The summed E-state index contributed by atoms with van der Waals surface area (Å²) in [5.74, 6) is 0. The molecule has 0 aliphatic heterocycles. The fraction of sp³-hybridized carbons (Fsp3) is 0.556. The number of rotatable bonds is 7. The fourth-order valence-electron chi connectivity index (χ4n) is 3.68. The van der Waals surface area contributed by atoms with E-state index < -0.39 is 0 Å². The first-order valence-corrected chi connectivity index (χ1v) is 10.5. The number of aliphatic hydroxyl groups is 2. The van der Waals surface area contributed by atoms with Crippen molar-refractivity contribution in [2.45, 2.75) is 93.3 Å². The number of hydrogen-bond donors (Lipinski definition) is 2. The van der Waals surface area contributed by atoms with Crippen LogP contribution in [0.4, 0.5) is 0 Å². The molecule has 0 radical (unpaired) electrons. The van der Waals surface area contributed by atoms with Gasteiger partial charge in [0.15, 0.2) is 0 Å². The highest BCUT2D eigenvalue weighted by Gasteiger charge is 2.26. The zero-order valence-electron chi connectivity index (χ0n) is 18.8. The van der Waals surface area contributed by atoms with Gasteiger partial charge in [0, 0.05) is 0 Å². The molecular weight excluding hydrogens is 356 g/mol. The van der Waals surface area contributed by atoms with Gasteiger partial charge in [-0.1, -0.05) is 104 Å². The third-order valence-electron chi connectivity index (χ3n) is 4.91. The Kier molecular flexibility index (Phi) is 12.1. The second kappa shape index (κ2) is 12.8. The van der Waals surface area contributed by atoms with E-state index in [2.05, 4.69) is 65.8 Å². The van der Waals surface area contributed by atoms with E-state index in [1.165, 1.54) is 24.0 Å². The van der Waals surface area contributed by atoms with E-state index in [9.17, 15) is 0 Å². The van der Waals surface area contributed by atoms with E-state index in [-0.39, 0.29) is 26.1 Å². The minimum Gasteiger partial charge on any atom is -0.392 e. The van der Waals surface area contributed by atoms with E-state index in [4.69, 9.17) is 10.2 Å². The summed E-state index contributed by atoms with van der Waals surface area (Å²) in [4.78, 5) is 0. The summed E-state index contributed by atoms with van der Waals surface area (Å²) >= 11 is 0. The Hall–Kier alpha value is -1.64. The van der Waals surface area contributed by atoms with Crippen LogP contribution in [0.1, 0.15) is 90.5 Å². The maximum absolute atomic E-state index is 9.02. The zero-order chi connectivity index (χ0) is 21.2. The summed E-state index contributed by atoms with van der Waals surface area (Å²) in [5.41, 5.74) is 5.21. The largest absolute Gasteiger partial charge is 0.392 e. The summed E-state index contributed by atoms with van der Waals surface area (Å²) in [6.45, 7) is 13.9. The van der Waals surface area contributed by atoms with Gasteiger partial charge >= 0.3 is 0 Å². The SMILES string of the molecule is C.CC(C)(C)CC(C)(C)c1ccc(CO)cc1.CCCCc1ccc(CO)cc1. The van der Waals surface area contributed by atoms with E-state index in [1.807, 2.05) is 24.3 Å². The first-order chi connectivity index (χ1) is 13.1. The van der Waals surface area contributed by atoms with Crippen LogP contribution >= 0.6 is 0 Å². The van der Waals surface area contributed by atoms with Crippen molar-refractivity contribution >= 4 is 0 Å². The van der Waals surface area contributed by atoms with Gasteiger partial charge in [0.25, 0.3) is 0 Å². The van der Waals surface area contributed by atoms with Gasteiger partial charge in [-0.2, -0.15) is 0 Å². The van der Waals surface area contributed by atoms with Crippen molar-refractivity contribution in [2.24, 2.45) is 5.41 Å². The number of aliphatic hydroxyl groups excluding tert-OH is 2. The predicted molar refractivity (Wildman–Crippen MR) is 127 cm³/mol. The maximum Gasteiger partial charge on any atom is 0.0681 e. The summed E-state index contributed by atoms with van der Waals surface area (Å²) in [6, 6.07) is 16.5. The van der Waals surface area contributed by atoms with Gasteiger partial charge in [-0.15, -0.1) is 0 Å². The predicted octanol–water partition coefficient (Wildman–Crippen LogP) is 7.05. The molecule has 0 saturated carbocycles. The van der Waals surface area contributed by atoms with Crippen molar-refractivity contribution in [3.8, 4) is 0 Å². The average molecular weight is 401 g/mol. The third kappa shape index (κ3) is 10.6. The lowest BCUT2D eigenvalue weighted by atomic mass is 9.72. The molecule has 0 aliphatic rings. The van der Waals surface area contributed by atoms with Crippen LogP contribution in [0.2, 0.25) is 0 Å². The highest BCUT2D eigenvalue weighted by molar-refractivity contribution is 5.28. The van der Waals surface area contributed by atoms with Crippen LogP contribution in [-0.4, -0.2) is 10.2 Å². The molecule has 2 aromatic carbocycles. The molecule has 2 heteroatoms. The van der Waals surface area contributed by atoms with E-state index in [1.54, 1.807) is 0 Å². The van der Waals surface area contributed by atoms with Crippen LogP contribution in [0.15, 0.2) is 48.5 Å². The lowest BCUT2D eigenvalue weighted by Gasteiger charge is -2.33. The standard InChI is InChI=1S/C15H24O.C11H16O.CH4/c1-14(2,3)11-15(4,5)13-8-6-12(10-16)7-9-13;1-2-3-4-10-5-7-11(9-12)8-6-10;/h6-9,16H,10-11H2,1-5H3;5-8,12H,2-4,9H2,1H3;1H4. The number of unbranched alkanes of at least 4 members (excludes halogenated alkanes) is 1. The second-order valence-electron chi connectivity index (χ2n) is 9.55. The van der Waals surface area contributed by atoms with Crippen molar-refractivity contribution in [2.75, 3.05) is 0 Å². The van der Waals surface area contributed by atoms with Crippen molar-refractivity contribution in [3.63, 3.8) is 0 Å². The van der Waals surface area contributed by atoms with Gasteiger partial charge in [0.1, 0.15) is 0 Å². The molecule has 2 N–H and O–H groups in total. The van der Waals surface area contributed by atoms with Crippen LogP contribution in [0, 0.1) is 5.41 Å². The van der Waals surface area contributed by atoms with E-state index in [0.29, 0.717) is 5.41 Å². The van der Waals surface area contributed by atoms with Gasteiger partial charge in [0.2, 0.25) is 0 Å².